The molecule has 2 aliphatic carbocycles. The summed E-state index contributed by atoms with van der Waals surface area (Å²) in [6, 6.07) is 6.62. The molecule has 4 aromatic rings. The van der Waals surface area contributed by atoms with Gasteiger partial charge in [-0.1, -0.05) is 32.8 Å². The molecule has 2 N–H and O–H groups in total. The lowest BCUT2D eigenvalue weighted by molar-refractivity contribution is -0.198. The number of hydrazine groups is 1. The van der Waals surface area contributed by atoms with Crippen LogP contribution >= 0.6 is 11.3 Å². The maximum Gasteiger partial charge on any atom is 0.406 e. The number of nitrogens with zero attached hydrogens (tertiary/aromatic N) is 7. The van der Waals surface area contributed by atoms with Gasteiger partial charge in [-0.2, -0.15) is 13.2 Å². The van der Waals surface area contributed by atoms with E-state index in [0.29, 0.717) is 114 Å². The molecule has 16 nitrogen and oxygen atoms in total. The van der Waals surface area contributed by atoms with Gasteiger partial charge in [-0.25, -0.2) is 10.4 Å². The van der Waals surface area contributed by atoms with Crippen molar-refractivity contribution in [1.82, 2.24) is 45.0 Å². The number of likely N-dealkylation sites (tertiary alicyclic amines) is 1. The zero-order valence-corrected chi connectivity index (χ0v) is 43.7. The van der Waals surface area contributed by atoms with Crippen molar-refractivity contribution in [2.45, 2.75) is 140 Å². The zero-order chi connectivity index (χ0) is 51.8. The van der Waals surface area contributed by atoms with E-state index in [-0.39, 0.29) is 43.2 Å². The summed E-state index contributed by atoms with van der Waals surface area (Å²) in [5, 5.41) is 7.70. The zero-order valence-electron chi connectivity index (χ0n) is 42.9. The summed E-state index contributed by atoms with van der Waals surface area (Å²) in [6.07, 6.45) is 3.77. The minimum atomic E-state index is -4.58. The maximum absolute atomic E-state index is 15.1. The molecule has 1 spiro atoms. The average Bonchev–Trinajstić information content (AvgIpc) is 4.14. The molecule has 6 fully saturated rings. The third kappa shape index (κ3) is 10.1. The van der Waals surface area contributed by atoms with Crippen LogP contribution in [0.15, 0.2) is 41.9 Å². The third-order valence-electron chi connectivity index (χ3n) is 16.7. The van der Waals surface area contributed by atoms with Crippen LogP contribution in [0.25, 0.3) is 33.4 Å². The number of cyclic esters (lactones) is 1. The first-order chi connectivity index (χ1) is 35.4. The van der Waals surface area contributed by atoms with Crippen LogP contribution in [-0.2, 0) is 52.8 Å². The van der Waals surface area contributed by atoms with Crippen molar-refractivity contribution >= 4 is 45.9 Å². The SMILES string of the molecule is CO[C@@H](C)c1ncccc1-c1c2c3cc(ccc3n1CC(F)(F)F)-c1csc(n1)C[C@H](NC(=O)[C@H](C1CCCC1)N1CCOC3(CN(C(=O)[C@H]4[C@@H](C5CC5)N4C)C3)C1)C(=O)N1CCC[C@H](N1)C(=O)OCC(C)(C)C2. The van der Waals surface area contributed by atoms with Crippen LogP contribution in [0, 0.1) is 17.3 Å². The fraction of sp³-hybridized carbons (Fsp3) is 0.630. The van der Waals surface area contributed by atoms with Crippen molar-refractivity contribution in [2.75, 3.05) is 60.1 Å². The van der Waals surface area contributed by atoms with E-state index in [2.05, 4.69) is 25.5 Å². The number of ether oxygens (including phenoxy) is 3. The average molecular weight is 1040 g/mol. The Balaban J connectivity index is 0.922. The van der Waals surface area contributed by atoms with Crippen molar-refractivity contribution in [3.63, 3.8) is 0 Å². The van der Waals surface area contributed by atoms with Gasteiger partial charge >= 0.3 is 12.1 Å². The molecule has 2 saturated carbocycles. The van der Waals surface area contributed by atoms with Gasteiger partial charge in [0.15, 0.2) is 0 Å². The molecule has 1 unspecified atom stereocenters. The number of alkyl halides is 3. The Morgan fingerprint density at radius 3 is 2.57 bits per heavy atom. The van der Waals surface area contributed by atoms with Crippen molar-refractivity contribution < 1.29 is 46.6 Å². The van der Waals surface area contributed by atoms with Gasteiger partial charge in [0.1, 0.15) is 30.3 Å². The van der Waals surface area contributed by atoms with Crippen molar-refractivity contribution in [1.29, 1.82) is 0 Å². The molecule has 7 atom stereocenters. The number of nitrogens with one attached hydrogen (secondary N) is 2. The summed E-state index contributed by atoms with van der Waals surface area (Å²) in [5.41, 5.74) is 5.37. The van der Waals surface area contributed by atoms with E-state index >= 15 is 4.79 Å². The van der Waals surface area contributed by atoms with Gasteiger partial charge in [0.05, 0.1) is 60.5 Å². The maximum atomic E-state index is 15.1. The van der Waals surface area contributed by atoms with Gasteiger partial charge in [0.25, 0.3) is 5.91 Å². The van der Waals surface area contributed by atoms with Crippen LogP contribution in [-0.4, -0.2) is 160 Å². The Kier molecular flexibility index (Phi) is 13.7. The number of aromatic nitrogens is 3. The van der Waals surface area contributed by atoms with Crippen LogP contribution < -0.4 is 10.7 Å². The first-order valence-corrected chi connectivity index (χ1v) is 27.4. The van der Waals surface area contributed by atoms with Gasteiger partial charge in [-0.05, 0) is 101 Å². The lowest BCUT2D eigenvalue weighted by Crippen LogP contribution is -2.73. The summed E-state index contributed by atoms with van der Waals surface area (Å²) >= 11 is 1.34. The lowest BCUT2D eigenvalue weighted by Gasteiger charge is -2.55. The Hall–Kier alpha value is -4.99. The number of esters is 1. The molecule has 74 heavy (non-hydrogen) atoms. The second-order valence-corrected chi connectivity index (χ2v) is 23.8. The second-order valence-electron chi connectivity index (χ2n) is 22.9. The number of likely N-dealkylation sites (N-methyl/N-ethyl adjacent to an activating group) is 1. The fourth-order valence-corrected chi connectivity index (χ4v) is 13.6. The van der Waals surface area contributed by atoms with Crippen LogP contribution in [0.3, 0.4) is 0 Å². The molecule has 20 heteroatoms. The van der Waals surface area contributed by atoms with Crippen molar-refractivity contribution in [3.8, 4) is 22.5 Å². The Bertz CT molecular complexity index is 2800. The van der Waals surface area contributed by atoms with Gasteiger partial charge in [0.2, 0.25) is 11.8 Å². The van der Waals surface area contributed by atoms with Gasteiger partial charge in [-0.3, -0.25) is 39.0 Å². The summed E-state index contributed by atoms with van der Waals surface area (Å²) in [7, 11) is 3.57. The Labute approximate surface area is 433 Å². The van der Waals surface area contributed by atoms with E-state index in [1.54, 1.807) is 37.4 Å². The molecule has 7 aliphatic rings. The second kappa shape index (κ2) is 19.9. The van der Waals surface area contributed by atoms with Crippen LogP contribution in [0.4, 0.5) is 13.2 Å². The number of halogens is 3. The number of fused-ring (bicyclic) bond motifs is 6. The quantitative estimate of drug-likeness (QED) is 0.135. The number of rotatable bonds is 10. The van der Waals surface area contributed by atoms with E-state index in [1.807, 2.05) is 37.2 Å². The molecule has 0 radical (unpaired) electrons. The molecule has 3 aromatic heterocycles. The molecule has 398 valence electrons. The molecule has 5 aliphatic heterocycles. The van der Waals surface area contributed by atoms with E-state index < -0.39 is 59.8 Å². The van der Waals surface area contributed by atoms with Gasteiger partial charge in [-0.15, -0.1) is 11.3 Å². The monoisotopic (exact) mass is 1040 g/mol. The number of pyridine rings is 1. The number of hydrogen-bond acceptors (Lipinski definition) is 13. The predicted octanol–water partition coefficient (Wildman–Crippen LogP) is 6.31. The minimum Gasteiger partial charge on any atom is -0.464 e. The van der Waals surface area contributed by atoms with Crippen molar-refractivity contribution in [3.05, 3.63) is 58.2 Å². The van der Waals surface area contributed by atoms with E-state index in [0.717, 1.165) is 25.7 Å². The molecular formula is C54H68F3N9O7S. The molecule has 8 heterocycles. The molecule has 4 saturated heterocycles. The number of methoxy groups -OCH3 is 1. The molecule has 6 bridgehead atoms. The normalized spacial score (nSPS) is 27.4. The predicted molar refractivity (Wildman–Crippen MR) is 270 cm³/mol. The molecule has 11 rings (SSSR count). The van der Waals surface area contributed by atoms with E-state index in [9.17, 15) is 27.6 Å². The van der Waals surface area contributed by atoms with Crippen LogP contribution in [0.2, 0.25) is 0 Å². The number of thiazole rings is 1. The van der Waals surface area contributed by atoms with E-state index in [4.69, 9.17) is 19.2 Å². The minimum absolute atomic E-state index is 0.0523. The Morgan fingerprint density at radius 2 is 1.82 bits per heavy atom. The summed E-state index contributed by atoms with van der Waals surface area (Å²) in [4.78, 5) is 73.7. The number of morpholine rings is 1. The smallest absolute Gasteiger partial charge is 0.406 e. The standard InChI is InChI=1S/C54H68F3N9O7S/c1-31(71-5)43-35(12-8-18-58-43)46-37-24-52(2,3)30-72-51(70)38-13-9-19-66(61-38)49(68)39(23-42-59-40(25-74-42)34-16-17-41(36(37)22-34)65(46)29-54(55,56)57)60-48(67)45(32-10-6-7-11-32)63-20-21-73-53(26-63)27-64(28-53)50(69)47-44(62(47)4)33-14-15-33/h8,12,16-18,22,25,31-33,38-39,44-45,47,61H,6-7,9-11,13-15,19-21,23-24,26-30H2,1-5H3,(H,60,67)/t31-,38-,39-,44+,45-,47+,62?/m0/s1. The van der Waals surface area contributed by atoms with Gasteiger partial charge in [0, 0.05) is 78.2 Å². The van der Waals surface area contributed by atoms with Gasteiger partial charge < -0.3 is 29.0 Å². The molecular weight excluding hydrogens is 976 g/mol. The highest BCUT2D eigenvalue weighted by Gasteiger charge is 2.61. The molecule has 1 aromatic carbocycles. The number of carbonyl (C=O) groups excluding carboxylic acids is 4. The highest BCUT2D eigenvalue weighted by atomic mass is 32.1. The topological polar surface area (TPSA) is 163 Å². The number of benzene rings is 1. The Morgan fingerprint density at radius 1 is 1.04 bits per heavy atom. The van der Waals surface area contributed by atoms with E-state index in [1.165, 1.54) is 40.9 Å². The van der Waals surface area contributed by atoms with Crippen LogP contribution in [0.5, 0.6) is 0 Å². The third-order valence-corrected chi connectivity index (χ3v) is 17.6. The molecule has 3 amide bonds. The summed E-state index contributed by atoms with van der Waals surface area (Å²) < 4.78 is 63.7. The van der Waals surface area contributed by atoms with Crippen LogP contribution in [0.1, 0.15) is 94.5 Å². The first kappa shape index (κ1) is 51.1. The summed E-state index contributed by atoms with van der Waals surface area (Å²) in [6.45, 7) is 7.01. The number of amides is 3. The number of carbonyl (C=O) groups is 4. The summed E-state index contributed by atoms with van der Waals surface area (Å²) in [5.74, 6) is -0.380. The fourth-order valence-electron chi connectivity index (χ4n) is 12.8. The number of hydrogen-bond donors (Lipinski definition) is 2. The lowest BCUT2D eigenvalue weighted by atomic mass is 9.84. The highest BCUT2D eigenvalue weighted by Crippen LogP contribution is 2.48. The van der Waals surface area contributed by atoms with Crippen molar-refractivity contribution in [2.24, 2.45) is 17.3 Å². The highest BCUT2D eigenvalue weighted by molar-refractivity contribution is 7.10. The largest absolute Gasteiger partial charge is 0.464 e. The first-order valence-electron chi connectivity index (χ1n) is 26.5.